The van der Waals surface area contributed by atoms with Crippen molar-refractivity contribution in [3.05, 3.63) is 28.6 Å². The molecule has 0 spiro atoms. The SMILES string of the molecule is Cc1nc(C)c(C(=O)OC2CC(C(C)C)CC(C)C2C)cc1C(=O)OC1CC(C(C)C)CC(C)C1C. The summed E-state index contributed by atoms with van der Waals surface area (Å²) in [5.41, 5.74) is 1.91. The highest BCUT2D eigenvalue weighted by Gasteiger charge is 2.38. The van der Waals surface area contributed by atoms with E-state index in [4.69, 9.17) is 9.47 Å². The van der Waals surface area contributed by atoms with Crippen molar-refractivity contribution in [2.45, 2.75) is 107 Å². The summed E-state index contributed by atoms with van der Waals surface area (Å²) in [6.07, 6.45) is 3.87. The van der Waals surface area contributed by atoms with Crippen LogP contribution in [-0.4, -0.2) is 29.1 Å². The fourth-order valence-electron chi connectivity index (χ4n) is 6.28. The Morgan fingerprint density at radius 2 is 1.08 bits per heavy atom. The Balaban J connectivity index is 1.78. The lowest BCUT2D eigenvalue weighted by molar-refractivity contribution is -0.0257. The maximum atomic E-state index is 13.3. The molecule has 3 rings (SSSR count). The van der Waals surface area contributed by atoms with Gasteiger partial charge in [0.15, 0.2) is 0 Å². The average Bonchev–Trinajstić information content (AvgIpc) is 2.79. The first-order valence-corrected chi connectivity index (χ1v) is 14.2. The monoisotopic (exact) mass is 499 g/mol. The molecule has 5 heteroatoms. The molecule has 1 aromatic rings. The summed E-state index contributed by atoms with van der Waals surface area (Å²) < 4.78 is 12.2. The van der Waals surface area contributed by atoms with Gasteiger partial charge in [-0.2, -0.15) is 0 Å². The molecule has 5 nitrogen and oxygen atoms in total. The van der Waals surface area contributed by atoms with E-state index >= 15 is 0 Å². The van der Waals surface area contributed by atoms with Crippen molar-refractivity contribution in [3.8, 4) is 0 Å². The zero-order valence-electron chi connectivity index (χ0n) is 24.3. The smallest absolute Gasteiger partial charge is 0.340 e. The second-order valence-electron chi connectivity index (χ2n) is 12.8. The molecular weight excluding hydrogens is 450 g/mol. The van der Waals surface area contributed by atoms with E-state index in [1.807, 2.05) is 0 Å². The van der Waals surface area contributed by atoms with Crippen LogP contribution in [0.25, 0.3) is 0 Å². The van der Waals surface area contributed by atoms with Gasteiger partial charge in [-0.05, 0) is 92.9 Å². The van der Waals surface area contributed by atoms with E-state index in [1.165, 1.54) is 12.8 Å². The summed E-state index contributed by atoms with van der Waals surface area (Å²) in [6.45, 7) is 21.5. The Labute approximate surface area is 219 Å². The van der Waals surface area contributed by atoms with Crippen molar-refractivity contribution >= 4 is 11.9 Å². The molecule has 0 aliphatic heterocycles. The van der Waals surface area contributed by atoms with Gasteiger partial charge in [-0.25, -0.2) is 9.59 Å². The number of carbonyl (C=O) groups is 2. The van der Waals surface area contributed by atoms with E-state index in [1.54, 1.807) is 19.9 Å². The zero-order chi connectivity index (χ0) is 26.9. The average molecular weight is 500 g/mol. The highest BCUT2D eigenvalue weighted by atomic mass is 16.5. The van der Waals surface area contributed by atoms with Gasteiger partial charge in [-0.15, -0.1) is 0 Å². The van der Waals surface area contributed by atoms with Crippen molar-refractivity contribution in [1.29, 1.82) is 0 Å². The summed E-state index contributed by atoms with van der Waals surface area (Å²) in [6, 6.07) is 1.65. The minimum Gasteiger partial charge on any atom is -0.458 e. The molecule has 2 aliphatic rings. The van der Waals surface area contributed by atoms with E-state index in [2.05, 4.69) is 60.4 Å². The molecule has 2 aliphatic carbocycles. The first-order chi connectivity index (χ1) is 16.8. The molecule has 2 fully saturated rings. The first-order valence-electron chi connectivity index (χ1n) is 14.2. The predicted octanol–water partition coefficient (Wildman–Crippen LogP) is 7.43. The quantitative estimate of drug-likeness (QED) is 0.381. The van der Waals surface area contributed by atoms with Crippen molar-refractivity contribution in [1.82, 2.24) is 4.98 Å². The van der Waals surface area contributed by atoms with E-state index in [0.29, 0.717) is 69.9 Å². The summed E-state index contributed by atoms with van der Waals surface area (Å²) in [5, 5.41) is 0. The Morgan fingerprint density at radius 3 is 1.42 bits per heavy atom. The van der Waals surface area contributed by atoms with Crippen LogP contribution < -0.4 is 0 Å². The molecule has 2 saturated carbocycles. The van der Waals surface area contributed by atoms with Crippen LogP contribution in [-0.2, 0) is 9.47 Å². The third-order valence-electron chi connectivity index (χ3n) is 9.63. The lowest BCUT2D eigenvalue weighted by Crippen LogP contribution is -2.39. The van der Waals surface area contributed by atoms with Gasteiger partial charge in [0.2, 0.25) is 0 Å². The minimum atomic E-state index is -0.387. The minimum absolute atomic E-state index is 0.123. The molecule has 0 amide bonds. The molecular formula is C31H49NO4. The number of nitrogens with zero attached hydrogens (tertiary/aromatic N) is 1. The highest BCUT2D eigenvalue weighted by molar-refractivity contribution is 5.96. The van der Waals surface area contributed by atoms with Crippen LogP contribution in [0.1, 0.15) is 113 Å². The van der Waals surface area contributed by atoms with Gasteiger partial charge >= 0.3 is 11.9 Å². The van der Waals surface area contributed by atoms with Gasteiger partial charge in [0, 0.05) is 0 Å². The summed E-state index contributed by atoms with van der Waals surface area (Å²) in [4.78, 5) is 31.2. The van der Waals surface area contributed by atoms with E-state index < -0.39 is 0 Å². The van der Waals surface area contributed by atoms with Gasteiger partial charge in [-0.3, -0.25) is 4.98 Å². The number of hydrogen-bond donors (Lipinski definition) is 0. The van der Waals surface area contributed by atoms with Crippen molar-refractivity contribution in [2.24, 2.45) is 47.3 Å². The molecule has 0 bridgehead atoms. The molecule has 8 unspecified atom stereocenters. The normalized spacial score (nSPS) is 33.0. The third kappa shape index (κ3) is 6.31. The predicted molar refractivity (Wildman–Crippen MR) is 144 cm³/mol. The van der Waals surface area contributed by atoms with Crippen molar-refractivity contribution in [3.63, 3.8) is 0 Å². The number of aromatic nitrogens is 1. The van der Waals surface area contributed by atoms with Gasteiger partial charge in [0.1, 0.15) is 12.2 Å². The van der Waals surface area contributed by atoms with E-state index in [-0.39, 0.29) is 24.1 Å². The molecule has 0 N–H and O–H groups in total. The van der Waals surface area contributed by atoms with Crippen LogP contribution >= 0.6 is 0 Å². The number of carbonyl (C=O) groups excluding carboxylic acids is 2. The number of esters is 2. The Kier molecular flexibility index (Phi) is 9.27. The fourth-order valence-corrected chi connectivity index (χ4v) is 6.28. The molecule has 8 atom stereocenters. The van der Waals surface area contributed by atoms with Crippen LogP contribution in [0.3, 0.4) is 0 Å². The van der Waals surface area contributed by atoms with Crippen LogP contribution in [0.5, 0.6) is 0 Å². The lowest BCUT2D eigenvalue weighted by Gasteiger charge is -2.40. The lowest BCUT2D eigenvalue weighted by atomic mass is 9.70. The maximum absolute atomic E-state index is 13.3. The number of hydrogen-bond acceptors (Lipinski definition) is 5. The van der Waals surface area contributed by atoms with Crippen LogP contribution in [0.4, 0.5) is 0 Å². The molecule has 1 aromatic heterocycles. The van der Waals surface area contributed by atoms with Gasteiger partial charge in [-0.1, -0.05) is 55.4 Å². The molecule has 202 valence electrons. The molecule has 0 radical (unpaired) electrons. The highest BCUT2D eigenvalue weighted by Crippen LogP contribution is 2.40. The number of aryl methyl sites for hydroxylation is 2. The first kappa shape index (κ1) is 28.7. The topological polar surface area (TPSA) is 65.5 Å². The second kappa shape index (κ2) is 11.6. The zero-order valence-corrected chi connectivity index (χ0v) is 24.3. The van der Waals surface area contributed by atoms with E-state index in [9.17, 15) is 9.59 Å². The summed E-state index contributed by atoms with van der Waals surface area (Å²) in [7, 11) is 0. The van der Waals surface area contributed by atoms with Gasteiger partial charge in [0.05, 0.1) is 22.5 Å². The molecule has 0 aromatic carbocycles. The third-order valence-corrected chi connectivity index (χ3v) is 9.63. The number of ether oxygens (including phenoxy) is 2. The maximum Gasteiger partial charge on any atom is 0.340 e. The molecule has 36 heavy (non-hydrogen) atoms. The number of rotatable bonds is 6. The summed E-state index contributed by atoms with van der Waals surface area (Å²) in [5.74, 6) is 3.05. The summed E-state index contributed by atoms with van der Waals surface area (Å²) >= 11 is 0. The Morgan fingerprint density at radius 1 is 0.722 bits per heavy atom. The fraction of sp³-hybridized carbons (Fsp3) is 0.774. The molecule has 1 heterocycles. The van der Waals surface area contributed by atoms with Crippen LogP contribution in [0.15, 0.2) is 6.07 Å². The number of pyridine rings is 1. The van der Waals surface area contributed by atoms with Crippen LogP contribution in [0, 0.1) is 61.2 Å². The largest absolute Gasteiger partial charge is 0.458 e. The van der Waals surface area contributed by atoms with Crippen molar-refractivity contribution in [2.75, 3.05) is 0 Å². The Bertz CT molecular complexity index is 867. The standard InChI is InChI=1S/C31H49NO4/c1-16(2)24-11-18(5)20(7)28(13-24)35-30(33)26-15-27(23(10)32-22(26)9)31(34)36-29-14-25(17(3)4)12-19(6)21(29)8/h15-21,24-25,28-29H,11-14H2,1-10H3. The van der Waals surface area contributed by atoms with Crippen molar-refractivity contribution < 1.29 is 19.1 Å². The second-order valence-corrected chi connectivity index (χ2v) is 12.8. The van der Waals surface area contributed by atoms with E-state index in [0.717, 1.165) is 12.8 Å². The van der Waals surface area contributed by atoms with Gasteiger partial charge in [0.25, 0.3) is 0 Å². The Hall–Kier alpha value is -1.91. The molecule has 0 saturated heterocycles. The van der Waals surface area contributed by atoms with Crippen LogP contribution in [0.2, 0.25) is 0 Å². The van der Waals surface area contributed by atoms with Gasteiger partial charge < -0.3 is 9.47 Å².